The zero-order valence-corrected chi connectivity index (χ0v) is 13.7. The third kappa shape index (κ3) is 11.4. The molecule has 4 nitrogen and oxygen atoms in total. The average molecular weight is 322 g/mol. The molecule has 0 aromatic heterocycles. The Bertz CT molecular complexity index is 441. The number of aliphatic hydroxyl groups is 1. The summed E-state index contributed by atoms with van der Waals surface area (Å²) in [5.41, 5.74) is 12.6. The van der Waals surface area contributed by atoms with Crippen LogP contribution >= 0.6 is 0 Å². The molecule has 0 spiro atoms. The van der Waals surface area contributed by atoms with Crippen LogP contribution in [0.15, 0.2) is 60.7 Å². The van der Waals surface area contributed by atoms with Gasteiger partial charge in [0.05, 0.1) is 6.10 Å². The summed E-state index contributed by atoms with van der Waals surface area (Å²) in [6, 6.07) is 20.5. The molecule has 0 amide bonds. The van der Waals surface area contributed by atoms with Gasteiger partial charge in [-0.05, 0) is 18.4 Å². The van der Waals surface area contributed by atoms with E-state index in [1.165, 1.54) is 11.1 Å². The van der Waals surface area contributed by atoms with E-state index in [9.17, 15) is 4.53 Å². The van der Waals surface area contributed by atoms with Crippen LogP contribution < -0.4 is 11.5 Å². The molecule has 5 N–H and O–H groups in total. The highest BCUT2D eigenvalue weighted by atomic mass is 19.3. The van der Waals surface area contributed by atoms with Crippen molar-refractivity contribution in [1.29, 1.82) is 0 Å². The molecule has 0 heterocycles. The Kier molecular flexibility index (Phi) is 12.8. The van der Waals surface area contributed by atoms with Crippen molar-refractivity contribution in [1.82, 2.24) is 0 Å². The molecule has 128 valence electrons. The molecule has 2 aromatic rings. The monoisotopic (exact) mass is 322 g/mol. The summed E-state index contributed by atoms with van der Waals surface area (Å²) in [5.74, 6) is 0. The van der Waals surface area contributed by atoms with Gasteiger partial charge in [-0.15, -0.1) is 0 Å². The Morgan fingerprint density at radius 3 is 1.39 bits per heavy atom. The molecule has 23 heavy (non-hydrogen) atoms. The van der Waals surface area contributed by atoms with E-state index in [0.717, 1.165) is 0 Å². The number of halogens is 1. The molecule has 0 saturated carbocycles. The van der Waals surface area contributed by atoms with E-state index < -0.39 is 12.2 Å². The SMILES string of the molecule is Cc1ccccc1.Cc1ccccc1.NCC(O)C(CN)OF. The van der Waals surface area contributed by atoms with E-state index in [1.807, 2.05) is 36.4 Å². The molecule has 0 radical (unpaired) electrons. The van der Waals surface area contributed by atoms with E-state index in [2.05, 4.69) is 43.1 Å². The van der Waals surface area contributed by atoms with Crippen LogP contribution in [0.3, 0.4) is 0 Å². The summed E-state index contributed by atoms with van der Waals surface area (Å²) >= 11 is 0. The smallest absolute Gasteiger partial charge is 0.137 e. The lowest BCUT2D eigenvalue weighted by Crippen LogP contribution is -2.39. The standard InChI is InChI=1S/2C7H8.C4H11FN2O2/c2*1-7-5-3-2-4-6-7;5-9-4(2-7)3(8)1-6/h2*2-6H,1H3;3-4,8H,1-2,6-7H2. The maximum atomic E-state index is 11.3. The molecule has 2 atom stereocenters. The fraction of sp³-hybridized carbons (Fsp3) is 0.333. The van der Waals surface area contributed by atoms with Gasteiger partial charge in [0, 0.05) is 13.1 Å². The highest BCUT2D eigenvalue weighted by molar-refractivity contribution is 5.12. The number of aliphatic hydroxyl groups excluding tert-OH is 1. The van der Waals surface area contributed by atoms with Gasteiger partial charge < -0.3 is 16.6 Å². The van der Waals surface area contributed by atoms with Gasteiger partial charge in [-0.2, -0.15) is 4.94 Å². The maximum absolute atomic E-state index is 11.3. The van der Waals surface area contributed by atoms with E-state index >= 15 is 0 Å². The van der Waals surface area contributed by atoms with Gasteiger partial charge in [0.1, 0.15) is 6.10 Å². The summed E-state index contributed by atoms with van der Waals surface area (Å²) in [6.07, 6.45) is -2.00. The molecule has 0 bridgehead atoms. The Labute approximate surface area is 137 Å². The molecule has 0 aliphatic carbocycles. The van der Waals surface area contributed by atoms with Gasteiger partial charge in [0.2, 0.25) is 0 Å². The van der Waals surface area contributed by atoms with E-state index in [1.54, 1.807) is 0 Å². The second-order valence-electron chi connectivity index (χ2n) is 4.98. The number of hydrogen-bond acceptors (Lipinski definition) is 4. The second-order valence-corrected chi connectivity index (χ2v) is 4.98. The van der Waals surface area contributed by atoms with Crippen molar-refractivity contribution in [2.45, 2.75) is 26.1 Å². The minimum absolute atomic E-state index is 0.0498. The quantitative estimate of drug-likeness (QED) is 0.808. The molecule has 0 aliphatic heterocycles. The van der Waals surface area contributed by atoms with E-state index in [0.29, 0.717) is 0 Å². The van der Waals surface area contributed by atoms with Gasteiger partial charge in [-0.3, -0.25) is 0 Å². The topological polar surface area (TPSA) is 81.5 Å². The molecule has 0 fully saturated rings. The fourth-order valence-corrected chi connectivity index (χ4v) is 1.47. The molecular weight excluding hydrogens is 295 g/mol. The minimum atomic E-state index is -1.01. The van der Waals surface area contributed by atoms with E-state index in [-0.39, 0.29) is 13.1 Å². The number of aryl methyl sites for hydroxylation is 2. The number of rotatable bonds is 4. The Hall–Kier alpha value is -1.79. The molecule has 2 unspecified atom stereocenters. The molecule has 2 rings (SSSR count). The molecule has 2 aromatic carbocycles. The fourth-order valence-electron chi connectivity index (χ4n) is 1.47. The average Bonchev–Trinajstić information content (AvgIpc) is 2.58. The third-order valence-electron chi connectivity index (χ3n) is 2.90. The Balaban J connectivity index is 0.000000318. The van der Waals surface area contributed by atoms with E-state index in [4.69, 9.17) is 16.6 Å². The summed E-state index contributed by atoms with van der Waals surface area (Å²) < 4.78 is 11.3. The minimum Gasteiger partial charge on any atom is -0.389 e. The highest BCUT2D eigenvalue weighted by Crippen LogP contribution is 1.95. The zero-order chi connectivity index (χ0) is 17.5. The number of hydrogen-bond donors (Lipinski definition) is 3. The van der Waals surface area contributed by atoms with Crippen LogP contribution in [0.4, 0.5) is 4.53 Å². The normalized spacial score (nSPS) is 12.1. The Morgan fingerprint density at radius 2 is 1.26 bits per heavy atom. The van der Waals surface area contributed by atoms with Crippen molar-refractivity contribution in [2.75, 3.05) is 13.1 Å². The first-order valence-corrected chi connectivity index (χ1v) is 7.44. The largest absolute Gasteiger partial charge is 0.389 e. The van der Waals surface area contributed by atoms with Gasteiger partial charge in [0.15, 0.2) is 0 Å². The lowest BCUT2D eigenvalue weighted by Gasteiger charge is -2.13. The molecule has 0 aliphatic rings. The number of benzene rings is 2. The third-order valence-corrected chi connectivity index (χ3v) is 2.90. The van der Waals surface area contributed by atoms with Crippen LogP contribution in [0.25, 0.3) is 0 Å². The molecule has 0 saturated heterocycles. The van der Waals surface area contributed by atoms with Gasteiger partial charge in [0.25, 0.3) is 0 Å². The van der Waals surface area contributed by atoms with Crippen molar-refractivity contribution in [3.05, 3.63) is 71.8 Å². The van der Waals surface area contributed by atoms with Gasteiger partial charge in [-0.1, -0.05) is 71.8 Å². The van der Waals surface area contributed by atoms with Crippen LogP contribution in [0.5, 0.6) is 0 Å². The van der Waals surface area contributed by atoms with Crippen LogP contribution in [0.1, 0.15) is 11.1 Å². The lowest BCUT2D eigenvalue weighted by atomic mass is 10.2. The van der Waals surface area contributed by atoms with Crippen molar-refractivity contribution in [3.63, 3.8) is 0 Å². The Morgan fingerprint density at radius 1 is 0.870 bits per heavy atom. The second kappa shape index (κ2) is 13.8. The van der Waals surface area contributed by atoms with Crippen LogP contribution in [0, 0.1) is 13.8 Å². The zero-order valence-electron chi connectivity index (χ0n) is 13.7. The number of nitrogens with two attached hydrogens (primary N) is 2. The first-order valence-electron chi connectivity index (χ1n) is 7.44. The van der Waals surface area contributed by atoms with Crippen LogP contribution in [-0.2, 0) is 4.94 Å². The first-order chi connectivity index (χ1) is 11.0. The summed E-state index contributed by atoms with van der Waals surface area (Å²) in [5, 5.41) is 8.75. The molecular formula is C18H27FN2O2. The molecule has 5 heteroatoms. The van der Waals surface area contributed by atoms with Crippen LogP contribution in [0.2, 0.25) is 0 Å². The summed E-state index contributed by atoms with van der Waals surface area (Å²) in [7, 11) is 0. The lowest BCUT2D eigenvalue weighted by molar-refractivity contribution is -0.202. The van der Waals surface area contributed by atoms with Gasteiger partial charge >= 0.3 is 0 Å². The van der Waals surface area contributed by atoms with Crippen molar-refractivity contribution in [2.24, 2.45) is 11.5 Å². The van der Waals surface area contributed by atoms with Crippen molar-refractivity contribution in [3.8, 4) is 0 Å². The maximum Gasteiger partial charge on any atom is 0.137 e. The van der Waals surface area contributed by atoms with Crippen molar-refractivity contribution >= 4 is 0 Å². The van der Waals surface area contributed by atoms with Crippen LogP contribution in [-0.4, -0.2) is 30.4 Å². The summed E-state index contributed by atoms with van der Waals surface area (Å²) in [6.45, 7) is 4.04. The highest BCUT2D eigenvalue weighted by Gasteiger charge is 2.16. The van der Waals surface area contributed by atoms with Crippen molar-refractivity contribution < 1.29 is 14.6 Å². The predicted octanol–water partition coefficient (Wildman–Crippen LogP) is 2.52. The summed E-state index contributed by atoms with van der Waals surface area (Å²) in [4.78, 5) is 3.30. The first kappa shape index (κ1) is 21.2. The van der Waals surface area contributed by atoms with Gasteiger partial charge in [-0.25, -0.2) is 0 Å². The predicted molar refractivity (Wildman–Crippen MR) is 92.5 cm³/mol.